The summed E-state index contributed by atoms with van der Waals surface area (Å²) < 4.78 is 5.71. The summed E-state index contributed by atoms with van der Waals surface area (Å²) in [6.07, 6.45) is 0.728. The lowest BCUT2D eigenvalue weighted by Gasteiger charge is -2.08. The van der Waals surface area contributed by atoms with Gasteiger partial charge in [0.15, 0.2) is 0 Å². The third-order valence-electron chi connectivity index (χ3n) is 2.19. The minimum Gasteiger partial charge on any atom is -0.462 e. The van der Waals surface area contributed by atoms with Gasteiger partial charge in [-0.05, 0) is 53.6 Å². The van der Waals surface area contributed by atoms with Crippen molar-refractivity contribution in [3.8, 4) is 6.07 Å². The van der Waals surface area contributed by atoms with Gasteiger partial charge in [-0.15, -0.1) is 0 Å². The molecule has 16 heavy (non-hydrogen) atoms. The Kier molecular flexibility index (Phi) is 4.74. The van der Waals surface area contributed by atoms with E-state index in [4.69, 9.17) is 10.00 Å². The summed E-state index contributed by atoms with van der Waals surface area (Å²) in [5.41, 5.74) is 2.05. The number of hydrogen-bond donors (Lipinski definition) is 0. The first kappa shape index (κ1) is 13.0. The number of nitriles is 1. The quantitative estimate of drug-likeness (QED) is 0.633. The number of benzene rings is 1. The van der Waals surface area contributed by atoms with E-state index >= 15 is 0 Å². The summed E-state index contributed by atoms with van der Waals surface area (Å²) in [7, 11) is 0. The van der Waals surface area contributed by atoms with Gasteiger partial charge in [-0.1, -0.05) is 6.92 Å². The van der Waals surface area contributed by atoms with Gasteiger partial charge in [0, 0.05) is 3.57 Å². The number of carbonyl (C=O) groups excluding carboxylic acids is 1. The Bertz CT molecular complexity index is 449. The first-order valence-electron chi connectivity index (χ1n) is 5.03. The van der Waals surface area contributed by atoms with Gasteiger partial charge in [-0.25, -0.2) is 4.79 Å². The molecule has 0 amide bonds. The third-order valence-corrected chi connectivity index (χ3v) is 3.08. The van der Waals surface area contributed by atoms with Crippen molar-refractivity contribution in [1.29, 1.82) is 5.26 Å². The molecule has 0 atom stereocenters. The van der Waals surface area contributed by atoms with Gasteiger partial charge in [-0.2, -0.15) is 5.26 Å². The van der Waals surface area contributed by atoms with E-state index in [-0.39, 0.29) is 5.97 Å². The van der Waals surface area contributed by atoms with E-state index < -0.39 is 0 Å². The van der Waals surface area contributed by atoms with E-state index in [0.717, 1.165) is 15.6 Å². The summed E-state index contributed by atoms with van der Waals surface area (Å²) in [5, 5.41) is 8.94. The molecule has 0 heterocycles. The second-order valence-corrected chi connectivity index (χ2v) is 4.34. The Morgan fingerprint density at radius 1 is 1.50 bits per heavy atom. The molecule has 0 aromatic heterocycles. The average molecular weight is 329 g/mol. The van der Waals surface area contributed by atoms with Crippen LogP contribution in [-0.2, 0) is 11.2 Å². The zero-order valence-electron chi connectivity index (χ0n) is 9.21. The smallest absolute Gasteiger partial charge is 0.339 e. The van der Waals surface area contributed by atoms with E-state index in [1.165, 1.54) is 0 Å². The van der Waals surface area contributed by atoms with Crippen LogP contribution in [0.3, 0.4) is 0 Å². The largest absolute Gasteiger partial charge is 0.462 e. The molecule has 0 aliphatic carbocycles. The van der Waals surface area contributed by atoms with Crippen molar-refractivity contribution >= 4 is 28.6 Å². The van der Waals surface area contributed by atoms with Crippen LogP contribution in [0.5, 0.6) is 0 Å². The molecule has 4 heteroatoms. The number of carbonyl (C=O) groups is 1. The standard InChI is InChI=1S/C12H12INO2/c1-3-8-5-10(12(15)16-4-2)11(13)6-9(8)7-14/h5-6H,3-4H2,1-2H3. The van der Waals surface area contributed by atoms with Crippen molar-refractivity contribution in [3.63, 3.8) is 0 Å². The summed E-state index contributed by atoms with van der Waals surface area (Å²) in [6, 6.07) is 5.60. The number of ether oxygens (including phenoxy) is 1. The first-order chi connectivity index (χ1) is 7.63. The maximum absolute atomic E-state index is 11.6. The lowest BCUT2D eigenvalue weighted by Crippen LogP contribution is -2.08. The Balaban J connectivity index is 3.22. The predicted octanol–water partition coefficient (Wildman–Crippen LogP) is 2.90. The molecule has 1 rings (SSSR count). The Morgan fingerprint density at radius 2 is 2.19 bits per heavy atom. The lowest BCUT2D eigenvalue weighted by molar-refractivity contribution is 0.0525. The Labute approximate surface area is 109 Å². The molecule has 0 saturated carbocycles. The molecule has 0 N–H and O–H groups in total. The number of hydrogen-bond acceptors (Lipinski definition) is 3. The van der Waals surface area contributed by atoms with Gasteiger partial charge in [0.1, 0.15) is 0 Å². The van der Waals surface area contributed by atoms with Crippen molar-refractivity contribution in [1.82, 2.24) is 0 Å². The van der Waals surface area contributed by atoms with Crippen molar-refractivity contribution in [2.24, 2.45) is 0 Å². The van der Waals surface area contributed by atoms with Gasteiger partial charge in [0.2, 0.25) is 0 Å². The van der Waals surface area contributed by atoms with Crippen molar-refractivity contribution < 1.29 is 9.53 Å². The second kappa shape index (κ2) is 5.85. The number of nitrogens with zero attached hydrogens (tertiary/aromatic N) is 1. The van der Waals surface area contributed by atoms with Crippen molar-refractivity contribution in [2.75, 3.05) is 6.61 Å². The molecule has 0 saturated heterocycles. The van der Waals surface area contributed by atoms with E-state index in [2.05, 4.69) is 6.07 Å². The second-order valence-electron chi connectivity index (χ2n) is 3.18. The highest BCUT2D eigenvalue weighted by Crippen LogP contribution is 2.20. The van der Waals surface area contributed by atoms with Crippen LogP contribution >= 0.6 is 22.6 Å². The molecular weight excluding hydrogens is 317 g/mol. The average Bonchev–Trinajstić information content (AvgIpc) is 2.28. The summed E-state index contributed by atoms with van der Waals surface area (Å²) >= 11 is 2.05. The zero-order valence-corrected chi connectivity index (χ0v) is 11.4. The fourth-order valence-corrected chi connectivity index (χ4v) is 2.07. The fraction of sp³-hybridized carbons (Fsp3) is 0.333. The molecule has 3 nitrogen and oxygen atoms in total. The van der Waals surface area contributed by atoms with Crippen molar-refractivity contribution in [3.05, 3.63) is 32.4 Å². The molecule has 0 aliphatic rings. The van der Waals surface area contributed by atoms with Gasteiger partial charge >= 0.3 is 5.97 Å². The maximum atomic E-state index is 11.6. The topological polar surface area (TPSA) is 50.1 Å². The van der Waals surface area contributed by atoms with Gasteiger partial charge in [0.25, 0.3) is 0 Å². The van der Waals surface area contributed by atoms with Gasteiger partial charge < -0.3 is 4.74 Å². The Morgan fingerprint density at radius 3 is 2.69 bits per heavy atom. The first-order valence-corrected chi connectivity index (χ1v) is 6.11. The number of esters is 1. The highest BCUT2D eigenvalue weighted by atomic mass is 127. The lowest BCUT2D eigenvalue weighted by atomic mass is 10.0. The third kappa shape index (κ3) is 2.73. The minimum absolute atomic E-state index is 0.328. The van der Waals surface area contributed by atoms with E-state index in [0.29, 0.717) is 17.7 Å². The van der Waals surface area contributed by atoms with E-state index in [1.807, 2.05) is 29.5 Å². The normalized spacial score (nSPS) is 9.62. The van der Waals surface area contributed by atoms with Crippen LogP contribution < -0.4 is 0 Å². The van der Waals surface area contributed by atoms with Crippen LogP contribution in [-0.4, -0.2) is 12.6 Å². The van der Waals surface area contributed by atoms with Crippen molar-refractivity contribution in [2.45, 2.75) is 20.3 Å². The fourth-order valence-electron chi connectivity index (χ4n) is 1.38. The van der Waals surface area contributed by atoms with Gasteiger partial charge in [0.05, 0.1) is 23.8 Å². The van der Waals surface area contributed by atoms with Crippen LogP contribution in [0, 0.1) is 14.9 Å². The van der Waals surface area contributed by atoms with Crippen LogP contribution in [0.15, 0.2) is 12.1 Å². The molecule has 0 unspecified atom stereocenters. The number of aryl methyl sites for hydroxylation is 1. The number of halogens is 1. The summed E-state index contributed by atoms with van der Waals surface area (Å²) in [4.78, 5) is 11.6. The molecule has 84 valence electrons. The Hall–Kier alpha value is -1.09. The minimum atomic E-state index is -0.328. The molecule has 0 bridgehead atoms. The summed E-state index contributed by atoms with van der Waals surface area (Å²) in [5.74, 6) is -0.328. The van der Waals surface area contributed by atoms with Crippen LogP contribution in [0.2, 0.25) is 0 Å². The molecule has 1 aromatic carbocycles. The van der Waals surface area contributed by atoms with Crippen LogP contribution in [0.1, 0.15) is 35.3 Å². The molecule has 0 fully saturated rings. The molecule has 0 spiro atoms. The monoisotopic (exact) mass is 329 g/mol. The highest BCUT2D eigenvalue weighted by Gasteiger charge is 2.14. The van der Waals surface area contributed by atoms with Crippen LogP contribution in [0.25, 0.3) is 0 Å². The predicted molar refractivity (Wildman–Crippen MR) is 69.2 cm³/mol. The molecule has 1 aromatic rings. The van der Waals surface area contributed by atoms with Crippen LogP contribution in [0.4, 0.5) is 0 Å². The molecular formula is C12H12INO2. The summed E-state index contributed by atoms with van der Waals surface area (Å²) in [6.45, 7) is 4.09. The maximum Gasteiger partial charge on any atom is 0.339 e. The number of rotatable bonds is 3. The van der Waals surface area contributed by atoms with E-state index in [1.54, 1.807) is 19.1 Å². The molecule has 0 radical (unpaired) electrons. The zero-order chi connectivity index (χ0) is 12.1. The highest BCUT2D eigenvalue weighted by molar-refractivity contribution is 14.1. The van der Waals surface area contributed by atoms with Gasteiger partial charge in [-0.3, -0.25) is 0 Å². The SMILES string of the molecule is CCOC(=O)c1cc(CC)c(C#N)cc1I. The van der Waals surface area contributed by atoms with E-state index in [9.17, 15) is 4.79 Å². The molecule has 0 aliphatic heterocycles.